The van der Waals surface area contributed by atoms with Crippen LogP contribution in [0.15, 0.2) is 91.0 Å². The van der Waals surface area contributed by atoms with Crippen molar-refractivity contribution in [1.29, 1.82) is 0 Å². The van der Waals surface area contributed by atoms with Crippen molar-refractivity contribution in [3.63, 3.8) is 0 Å². The van der Waals surface area contributed by atoms with Crippen molar-refractivity contribution in [2.75, 3.05) is 0 Å². The van der Waals surface area contributed by atoms with Gasteiger partial charge in [0.25, 0.3) is 0 Å². The van der Waals surface area contributed by atoms with Gasteiger partial charge in [0.15, 0.2) is 4.77 Å². The molecule has 0 unspecified atom stereocenters. The topological polar surface area (TPSA) is 20.7 Å². The first-order valence-corrected chi connectivity index (χ1v) is 9.17. The van der Waals surface area contributed by atoms with Crippen LogP contribution in [0.5, 0.6) is 0 Å². The highest BCUT2D eigenvalue weighted by Gasteiger charge is 2.20. The molecule has 4 aromatic rings. The lowest BCUT2D eigenvalue weighted by molar-refractivity contribution is 0.636. The molecule has 0 bridgehead atoms. The molecule has 0 radical (unpaired) electrons. The van der Waals surface area contributed by atoms with Gasteiger partial charge in [-0.3, -0.25) is 0 Å². The molecular formula is C23H20N2S. The first kappa shape index (κ1) is 16.6. The highest BCUT2D eigenvalue weighted by atomic mass is 32.1. The van der Waals surface area contributed by atoms with E-state index in [0.29, 0.717) is 0 Å². The number of imidazole rings is 1. The summed E-state index contributed by atoms with van der Waals surface area (Å²) in [6.45, 7) is 2.19. The van der Waals surface area contributed by atoms with Crippen LogP contribution in [0.4, 0.5) is 0 Å². The maximum absolute atomic E-state index is 5.74. The fourth-order valence-electron chi connectivity index (χ4n) is 3.39. The SMILES string of the molecule is C[C@@H](c1ccccc1)n1c(-c2ccccc2)c(-c2ccccc2)[nH]c1=S. The maximum Gasteiger partial charge on any atom is 0.178 e. The summed E-state index contributed by atoms with van der Waals surface area (Å²) in [6.07, 6.45) is 0. The van der Waals surface area contributed by atoms with E-state index in [9.17, 15) is 0 Å². The Morgan fingerprint density at radius 3 is 1.81 bits per heavy atom. The second-order valence-corrected chi connectivity index (χ2v) is 6.73. The van der Waals surface area contributed by atoms with E-state index in [1.807, 2.05) is 18.2 Å². The number of hydrogen-bond donors (Lipinski definition) is 1. The van der Waals surface area contributed by atoms with Gasteiger partial charge in [-0.25, -0.2) is 0 Å². The van der Waals surface area contributed by atoms with Gasteiger partial charge < -0.3 is 9.55 Å². The van der Waals surface area contributed by atoms with Gasteiger partial charge in [-0.15, -0.1) is 0 Å². The molecule has 0 amide bonds. The number of aromatic amines is 1. The number of nitrogens with zero attached hydrogens (tertiary/aromatic N) is 1. The minimum absolute atomic E-state index is 0.132. The molecule has 1 atom stereocenters. The van der Waals surface area contributed by atoms with E-state index in [1.165, 1.54) is 5.56 Å². The molecule has 3 heteroatoms. The lowest BCUT2D eigenvalue weighted by Gasteiger charge is -2.18. The van der Waals surface area contributed by atoms with Crippen LogP contribution in [0.3, 0.4) is 0 Å². The van der Waals surface area contributed by atoms with E-state index in [-0.39, 0.29) is 6.04 Å². The van der Waals surface area contributed by atoms with Crippen LogP contribution in [0, 0.1) is 4.77 Å². The van der Waals surface area contributed by atoms with Gasteiger partial charge in [-0.1, -0.05) is 91.0 Å². The highest BCUT2D eigenvalue weighted by Crippen LogP contribution is 2.35. The van der Waals surface area contributed by atoms with E-state index in [4.69, 9.17) is 12.2 Å². The zero-order chi connectivity index (χ0) is 17.9. The van der Waals surface area contributed by atoms with Gasteiger partial charge in [0.05, 0.1) is 17.4 Å². The Morgan fingerprint density at radius 2 is 1.23 bits per heavy atom. The summed E-state index contributed by atoms with van der Waals surface area (Å²) < 4.78 is 2.96. The Hall–Kier alpha value is -2.91. The smallest absolute Gasteiger partial charge is 0.178 e. The fourth-order valence-corrected chi connectivity index (χ4v) is 3.74. The predicted molar refractivity (Wildman–Crippen MR) is 111 cm³/mol. The fraction of sp³-hybridized carbons (Fsp3) is 0.0870. The van der Waals surface area contributed by atoms with Gasteiger partial charge in [0.2, 0.25) is 0 Å². The molecule has 0 spiro atoms. The molecular weight excluding hydrogens is 336 g/mol. The zero-order valence-electron chi connectivity index (χ0n) is 14.6. The van der Waals surface area contributed by atoms with E-state index < -0.39 is 0 Å². The van der Waals surface area contributed by atoms with E-state index in [0.717, 1.165) is 27.3 Å². The van der Waals surface area contributed by atoms with Crippen LogP contribution < -0.4 is 0 Å². The average molecular weight is 356 g/mol. The number of nitrogens with one attached hydrogen (secondary N) is 1. The molecule has 1 heterocycles. The minimum Gasteiger partial charge on any atom is -0.330 e. The van der Waals surface area contributed by atoms with Crippen molar-refractivity contribution in [2.24, 2.45) is 0 Å². The highest BCUT2D eigenvalue weighted by molar-refractivity contribution is 7.71. The standard InChI is InChI=1S/C23H20N2S/c1-17(18-11-5-2-6-12-18)25-22(20-15-9-4-10-16-20)21(24-23(25)26)19-13-7-3-8-14-19/h2-17H,1H3,(H,24,26)/t17-/m0/s1. The summed E-state index contributed by atoms with van der Waals surface area (Å²) >= 11 is 5.74. The van der Waals surface area contributed by atoms with Crippen molar-refractivity contribution >= 4 is 12.2 Å². The third-order valence-corrected chi connectivity index (χ3v) is 5.01. The van der Waals surface area contributed by atoms with Crippen molar-refractivity contribution < 1.29 is 0 Å². The molecule has 128 valence electrons. The Balaban J connectivity index is 1.97. The Bertz CT molecular complexity index is 1050. The maximum atomic E-state index is 5.74. The lowest BCUT2D eigenvalue weighted by atomic mass is 10.0. The molecule has 0 saturated carbocycles. The molecule has 0 aliphatic rings. The molecule has 26 heavy (non-hydrogen) atoms. The quantitative estimate of drug-likeness (QED) is 0.415. The van der Waals surface area contributed by atoms with Gasteiger partial charge in [-0.05, 0) is 24.7 Å². The molecule has 0 aliphatic heterocycles. The largest absolute Gasteiger partial charge is 0.330 e. The Kier molecular flexibility index (Phi) is 4.55. The van der Waals surface area contributed by atoms with Crippen LogP contribution in [0.1, 0.15) is 18.5 Å². The van der Waals surface area contributed by atoms with Gasteiger partial charge in [-0.2, -0.15) is 0 Å². The summed E-state index contributed by atoms with van der Waals surface area (Å²) in [7, 11) is 0. The molecule has 3 aromatic carbocycles. The monoisotopic (exact) mass is 356 g/mol. The van der Waals surface area contributed by atoms with Crippen molar-refractivity contribution in [1.82, 2.24) is 9.55 Å². The van der Waals surface area contributed by atoms with Crippen LogP contribution in [-0.4, -0.2) is 9.55 Å². The first-order valence-electron chi connectivity index (χ1n) is 8.76. The molecule has 2 nitrogen and oxygen atoms in total. The Labute approximate surface area is 158 Å². The zero-order valence-corrected chi connectivity index (χ0v) is 15.4. The van der Waals surface area contributed by atoms with Crippen LogP contribution in [0.25, 0.3) is 22.5 Å². The number of benzene rings is 3. The minimum atomic E-state index is 0.132. The van der Waals surface area contributed by atoms with Crippen LogP contribution in [0.2, 0.25) is 0 Å². The molecule has 1 N–H and O–H groups in total. The summed E-state index contributed by atoms with van der Waals surface area (Å²) in [4.78, 5) is 3.46. The first-order chi connectivity index (χ1) is 12.8. The van der Waals surface area contributed by atoms with Gasteiger partial charge in [0, 0.05) is 11.1 Å². The number of hydrogen-bond acceptors (Lipinski definition) is 1. The summed E-state index contributed by atoms with van der Waals surface area (Å²) in [5.41, 5.74) is 5.71. The van der Waals surface area contributed by atoms with Crippen molar-refractivity contribution in [2.45, 2.75) is 13.0 Å². The second-order valence-electron chi connectivity index (χ2n) is 6.34. The third-order valence-electron chi connectivity index (χ3n) is 4.71. The Morgan fingerprint density at radius 1 is 0.731 bits per heavy atom. The lowest BCUT2D eigenvalue weighted by Crippen LogP contribution is -2.08. The molecule has 0 saturated heterocycles. The molecule has 0 aliphatic carbocycles. The second kappa shape index (κ2) is 7.14. The average Bonchev–Trinajstić information content (AvgIpc) is 3.06. The normalized spacial score (nSPS) is 12.0. The summed E-state index contributed by atoms with van der Waals surface area (Å²) in [5, 5.41) is 0. The van der Waals surface area contributed by atoms with Crippen molar-refractivity contribution in [3.05, 3.63) is 101 Å². The third kappa shape index (κ3) is 3.02. The predicted octanol–water partition coefficient (Wildman–Crippen LogP) is 6.49. The van der Waals surface area contributed by atoms with Gasteiger partial charge >= 0.3 is 0 Å². The number of rotatable bonds is 4. The van der Waals surface area contributed by atoms with E-state index in [1.54, 1.807) is 0 Å². The molecule has 1 aromatic heterocycles. The van der Waals surface area contributed by atoms with Crippen LogP contribution in [-0.2, 0) is 0 Å². The summed E-state index contributed by atoms with van der Waals surface area (Å²) in [6, 6.07) is 31.4. The van der Waals surface area contributed by atoms with Gasteiger partial charge in [0.1, 0.15) is 0 Å². The van der Waals surface area contributed by atoms with Crippen LogP contribution >= 0.6 is 12.2 Å². The van der Waals surface area contributed by atoms with E-state index in [2.05, 4.69) is 89.3 Å². The summed E-state index contributed by atoms with van der Waals surface area (Å²) in [5.74, 6) is 0. The number of aromatic nitrogens is 2. The number of H-pyrrole nitrogens is 1. The van der Waals surface area contributed by atoms with E-state index >= 15 is 0 Å². The van der Waals surface area contributed by atoms with Crippen molar-refractivity contribution in [3.8, 4) is 22.5 Å². The molecule has 0 fully saturated rings. The molecule has 4 rings (SSSR count).